The van der Waals surface area contributed by atoms with Crippen LogP contribution in [0.3, 0.4) is 0 Å². The Balaban J connectivity index is 1.32. The second-order valence-corrected chi connectivity index (χ2v) is 8.99. The maximum absolute atomic E-state index is 13.1. The molecule has 1 spiro atoms. The monoisotopic (exact) mass is 427 g/mol. The minimum absolute atomic E-state index is 0.0644. The van der Waals surface area contributed by atoms with Crippen LogP contribution in [0.15, 0.2) is 48.9 Å². The molecule has 1 aromatic carbocycles. The van der Waals surface area contributed by atoms with E-state index in [1.165, 1.54) is 18.4 Å². The molecule has 2 aromatic heterocycles. The predicted molar refractivity (Wildman–Crippen MR) is 121 cm³/mol. The third kappa shape index (κ3) is 3.24. The van der Waals surface area contributed by atoms with Crippen molar-refractivity contribution in [3.8, 4) is 11.3 Å². The number of carbonyl (C=O) groups excluding carboxylic acids is 1. The number of hydrogen-bond acceptors (Lipinski definition) is 6. The molecular formula is C25H25N5O2. The minimum atomic E-state index is 0.0644. The van der Waals surface area contributed by atoms with Gasteiger partial charge in [-0.1, -0.05) is 6.07 Å². The van der Waals surface area contributed by atoms with Crippen LogP contribution in [-0.4, -0.2) is 58.6 Å². The van der Waals surface area contributed by atoms with Crippen molar-refractivity contribution in [2.24, 2.45) is 0 Å². The van der Waals surface area contributed by atoms with Gasteiger partial charge in [-0.15, -0.1) is 0 Å². The summed E-state index contributed by atoms with van der Waals surface area (Å²) in [6.07, 6.45) is 7.81. The van der Waals surface area contributed by atoms with Crippen LogP contribution >= 0.6 is 0 Å². The van der Waals surface area contributed by atoms with Gasteiger partial charge in [0.25, 0.3) is 5.91 Å². The molecule has 0 atom stereocenters. The minimum Gasteiger partial charge on any atom is -0.378 e. The lowest BCUT2D eigenvalue weighted by Gasteiger charge is -2.27. The van der Waals surface area contributed by atoms with Crippen molar-refractivity contribution in [2.75, 3.05) is 37.7 Å². The largest absolute Gasteiger partial charge is 0.378 e. The molecule has 1 aliphatic carbocycles. The Morgan fingerprint density at radius 2 is 1.81 bits per heavy atom. The highest BCUT2D eigenvalue weighted by Gasteiger charge is 2.52. The number of ether oxygens (including phenoxy) is 1. The van der Waals surface area contributed by atoms with Crippen LogP contribution in [0.1, 0.15) is 34.3 Å². The van der Waals surface area contributed by atoms with Gasteiger partial charge in [-0.25, -0.2) is 9.97 Å². The maximum atomic E-state index is 13.1. The number of fused-ring (bicyclic) bond motifs is 2. The molecule has 4 heterocycles. The standard InChI is InChI=1S/C25H25N5O2/c1-17-4-7-26-21(12-17)19-14-27-24(28-15-19)30-16-25(5-6-25)20-3-2-18(13-22(20)30)23(31)29-8-10-32-11-9-29/h2-4,7,12-15H,5-6,8-11,16H2,1H3. The number of anilines is 2. The fourth-order valence-corrected chi connectivity index (χ4v) is 4.80. The van der Waals surface area contributed by atoms with E-state index in [0.717, 1.165) is 29.1 Å². The molecule has 1 amide bonds. The number of amides is 1. The van der Waals surface area contributed by atoms with Crippen LogP contribution in [0, 0.1) is 6.92 Å². The van der Waals surface area contributed by atoms with Crippen LogP contribution < -0.4 is 4.90 Å². The molecule has 7 heteroatoms. The molecule has 0 bridgehead atoms. The van der Waals surface area contributed by atoms with Gasteiger partial charge >= 0.3 is 0 Å². The van der Waals surface area contributed by atoms with E-state index in [1.54, 1.807) is 6.20 Å². The molecule has 1 saturated heterocycles. The summed E-state index contributed by atoms with van der Waals surface area (Å²) in [5.74, 6) is 0.733. The van der Waals surface area contributed by atoms with Crippen LogP contribution in [-0.2, 0) is 10.2 Å². The lowest BCUT2D eigenvalue weighted by Crippen LogP contribution is -2.40. The SMILES string of the molecule is Cc1ccnc(-c2cnc(N3CC4(CC4)c4ccc(C(=O)N5CCOCC5)cc43)nc2)c1. The van der Waals surface area contributed by atoms with E-state index >= 15 is 0 Å². The first kappa shape index (κ1) is 19.4. The second kappa shape index (κ2) is 7.38. The Morgan fingerprint density at radius 1 is 1.03 bits per heavy atom. The number of rotatable bonds is 3. The van der Waals surface area contributed by atoms with Crippen LogP contribution in [0.5, 0.6) is 0 Å². The van der Waals surface area contributed by atoms with E-state index in [2.05, 4.69) is 25.9 Å². The average molecular weight is 428 g/mol. The van der Waals surface area contributed by atoms with Crippen molar-refractivity contribution in [3.63, 3.8) is 0 Å². The lowest BCUT2D eigenvalue weighted by atomic mass is 9.97. The number of benzene rings is 1. The summed E-state index contributed by atoms with van der Waals surface area (Å²) in [6.45, 7) is 5.39. The van der Waals surface area contributed by atoms with Gasteiger partial charge in [0.1, 0.15) is 0 Å². The summed E-state index contributed by atoms with van der Waals surface area (Å²) >= 11 is 0. The predicted octanol–water partition coefficient (Wildman–Crippen LogP) is 3.50. The third-order valence-corrected chi connectivity index (χ3v) is 6.81. The van der Waals surface area contributed by atoms with E-state index in [9.17, 15) is 4.79 Å². The Kier molecular flexibility index (Phi) is 4.47. The van der Waals surface area contributed by atoms with Gasteiger partial charge in [-0.05, 0) is 55.2 Å². The van der Waals surface area contributed by atoms with Gasteiger partial charge in [0.05, 0.1) is 18.9 Å². The van der Waals surface area contributed by atoms with Crippen molar-refractivity contribution in [2.45, 2.75) is 25.2 Å². The Hall–Kier alpha value is -3.32. The molecule has 6 rings (SSSR count). The van der Waals surface area contributed by atoms with Gasteiger partial charge in [-0.2, -0.15) is 0 Å². The number of aromatic nitrogens is 3. The Morgan fingerprint density at radius 3 is 2.53 bits per heavy atom. The highest BCUT2D eigenvalue weighted by Crippen LogP contribution is 2.57. The number of pyridine rings is 1. The second-order valence-electron chi connectivity index (χ2n) is 8.99. The van der Waals surface area contributed by atoms with Crippen LogP contribution in [0.2, 0.25) is 0 Å². The molecule has 0 radical (unpaired) electrons. The topological polar surface area (TPSA) is 71.5 Å². The summed E-state index contributed by atoms with van der Waals surface area (Å²) in [6, 6.07) is 10.2. The van der Waals surface area contributed by atoms with E-state index in [4.69, 9.17) is 4.74 Å². The first-order valence-electron chi connectivity index (χ1n) is 11.2. The van der Waals surface area contributed by atoms with Gasteiger partial charge in [-0.3, -0.25) is 9.78 Å². The number of hydrogen-bond donors (Lipinski definition) is 0. The van der Waals surface area contributed by atoms with Gasteiger partial charge < -0.3 is 14.5 Å². The quantitative estimate of drug-likeness (QED) is 0.637. The molecule has 32 heavy (non-hydrogen) atoms. The summed E-state index contributed by atoms with van der Waals surface area (Å²) in [5.41, 5.74) is 6.18. The molecule has 1 saturated carbocycles. The van der Waals surface area contributed by atoms with Crippen LogP contribution in [0.4, 0.5) is 11.6 Å². The molecular weight excluding hydrogens is 402 g/mol. The lowest BCUT2D eigenvalue weighted by molar-refractivity contribution is 0.0303. The molecule has 3 aromatic rings. The summed E-state index contributed by atoms with van der Waals surface area (Å²) in [4.78, 5) is 30.9. The van der Waals surface area contributed by atoms with E-state index in [0.29, 0.717) is 37.8 Å². The molecule has 0 unspecified atom stereocenters. The number of aryl methyl sites for hydroxylation is 1. The van der Waals surface area contributed by atoms with Crippen LogP contribution in [0.25, 0.3) is 11.3 Å². The van der Waals surface area contributed by atoms with Crippen molar-refractivity contribution in [3.05, 3.63) is 65.6 Å². The maximum Gasteiger partial charge on any atom is 0.254 e. The van der Waals surface area contributed by atoms with E-state index in [-0.39, 0.29) is 11.3 Å². The molecule has 2 aliphatic heterocycles. The number of nitrogens with zero attached hydrogens (tertiary/aromatic N) is 5. The fourth-order valence-electron chi connectivity index (χ4n) is 4.80. The molecule has 2 fully saturated rings. The van der Waals surface area contributed by atoms with Crippen molar-refractivity contribution < 1.29 is 9.53 Å². The zero-order chi connectivity index (χ0) is 21.7. The van der Waals surface area contributed by atoms with Gasteiger partial charge in [0, 0.05) is 60.5 Å². The number of morpholine rings is 1. The Labute approximate surface area is 187 Å². The molecule has 7 nitrogen and oxygen atoms in total. The molecule has 162 valence electrons. The zero-order valence-corrected chi connectivity index (χ0v) is 18.1. The molecule has 3 aliphatic rings. The first-order valence-corrected chi connectivity index (χ1v) is 11.2. The van der Waals surface area contributed by atoms with Crippen molar-refractivity contribution >= 4 is 17.5 Å². The van der Waals surface area contributed by atoms with Crippen molar-refractivity contribution in [1.82, 2.24) is 19.9 Å². The fraction of sp³-hybridized carbons (Fsp3) is 0.360. The smallest absolute Gasteiger partial charge is 0.254 e. The first-order chi connectivity index (χ1) is 15.6. The summed E-state index contributed by atoms with van der Waals surface area (Å²) < 4.78 is 5.40. The number of carbonyl (C=O) groups is 1. The normalized spacial score (nSPS) is 18.7. The summed E-state index contributed by atoms with van der Waals surface area (Å²) in [5, 5.41) is 0. The van der Waals surface area contributed by atoms with E-state index in [1.807, 2.05) is 48.5 Å². The highest BCUT2D eigenvalue weighted by atomic mass is 16.5. The Bertz CT molecular complexity index is 1180. The van der Waals surface area contributed by atoms with E-state index < -0.39 is 0 Å². The third-order valence-electron chi connectivity index (χ3n) is 6.81. The summed E-state index contributed by atoms with van der Waals surface area (Å²) in [7, 11) is 0. The zero-order valence-electron chi connectivity index (χ0n) is 18.1. The highest BCUT2D eigenvalue weighted by molar-refractivity contribution is 5.96. The van der Waals surface area contributed by atoms with Gasteiger partial charge in [0.15, 0.2) is 0 Å². The average Bonchev–Trinajstić information content (AvgIpc) is 3.55. The van der Waals surface area contributed by atoms with Gasteiger partial charge in [0.2, 0.25) is 5.95 Å². The van der Waals surface area contributed by atoms with Crippen molar-refractivity contribution in [1.29, 1.82) is 0 Å². The molecule has 0 N–H and O–H groups in total.